The van der Waals surface area contributed by atoms with Crippen LogP contribution in [0.2, 0.25) is 0 Å². The van der Waals surface area contributed by atoms with Crippen LogP contribution in [0.15, 0.2) is 66.0 Å². The van der Waals surface area contributed by atoms with Crippen molar-refractivity contribution in [2.24, 2.45) is 7.05 Å². The van der Waals surface area contributed by atoms with Crippen LogP contribution in [0.4, 0.5) is 4.39 Å². The van der Waals surface area contributed by atoms with Crippen LogP contribution in [-0.2, 0) is 7.05 Å². The topological polar surface area (TPSA) is 85.7 Å². The summed E-state index contributed by atoms with van der Waals surface area (Å²) >= 11 is 0. The third-order valence-electron chi connectivity index (χ3n) is 4.81. The molecule has 7 nitrogen and oxygen atoms in total. The highest BCUT2D eigenvalue weighted by Gasteiger charge is 2.15. The van der Waals surface area contributed by atoms with Gasteiger partial charge in [0.2, 0.25) is 5.88 Å². The third kappa shape index (κ3) is 3.81. The first kappa shape index (κ1) is 20.0. The maximum atomic E-state index is 14.0. The maximum absolute atomic E-state index is 14.0. The largest absolute Gasteiger partial charge is 0.478 e. The number of halogens is 1. The van der Waals surface area contributed by atoms with E-state index < -0.39 is 5.82 Å². The van der Waals surface area contributed by atoms with Crippen LogP contribution in [0.3, 0.4) is 0 Å². The van der Waals surface area contributed by atoms with Crippen molar-refractivity contribution in [3.8, 4) is 39.9 Å². The minimum Gasteiger partial charge on any atom is -0.478 e. The molecular formula is C23H18FN5O2. The predicted octanol–water partition coefficient (Wildman–Crippen LogP) is 3.71. The van der Waals surface area contributed by atoms with Gasteiger partial charge in [-0.1, -0.05) is 6.07 Å². The molecule has 0 radical (unpaired) electrons. The highest BCUT2D eigenvalue weighted by molar-refractivity contribution is 5.82. The lowest BCUT2D eigenvalue weighted by atomic mass is 9.99. The molecule has 0 saturated heterocycles. The van der Waals surface area contributed by atoms with E-state index >= 15 is 0 Å². The van der Waals surface area contributed by atoms with E-state index in [1.807, 2.05) is 19.1 Å². The van der Waals surface area contributed by atoms with E-state index in [-0.39, 0.29) is 11.1 Å². The molecule has 0 aliphatic rings. The molecule has 0 fully saturated rings. The van der Waals surface area contributed by atoms with Gasteiger partial charge in [-0.3, -0.25) is 4.79 Å². The molecule has 4 aromatic rings. The summed E-state index contributed by atoms with van der Waals surface area (Å²) in [6.45, 7) is 2.38. The minimum atomic E-state index is -0.611. The SMILES string of the molecule is CCOc1ccc(-c2cc(=O)n(C)cc2-c2cnn(-c3cccc(F)c3C#N)c2)cn1. The van der Waals surface area contributed by atoms with E-state index in [0.29, 0.717) is 29.3 Å². The summed E-state index contributed by atoms with van der Waals surface area (Å²) < 4.78 is 22.3. The molecule has 0 N–H and O–H groups in total. The molecule has 1 aromatic carbocycles. The molecule has 0 aliphatic carbocycles. The van der Waals surface area contributed by atoms with Gasteiger partial charge >= 0.3 is 0 Å². The molecule has 0 amide bonds. The smallest absolute Gasteiger partial charge is 0.250 e. The second-order valence-electron chi connectivity index (χ2n) is 6.79. The first-order valence-corrected chi connectivity index (χ1v) is 9.55. The Morgan fingerprint density at radius 2 is 1.97 bits per heavy atom. The van der Waals surface area contributed by atoms with Gasteiger partial charge in [0, 0.05) is 54.5 Å². The van der Waals surface area contributed by atoms with E-state index in [2.05, 4.69) is 10.1 Å². The van der Waals surface area contributed by atoms with Crippen molar-refractivity contribution in [1.29, 1.82) is 5.26 Å². The van der Waals surface area contributed by atoms with Crippen LogP contribution >= 0.6 is 0 Å². The lowest BCUT2D eigenvalue weighted by Gasteiger charge is -2.11. The summed E-state index contributed by atoms with van der Waals surface area (Å²) in [4.78, 5) is 16.6. The van der Waals surface area contributed by atoms with E-state index in [4.69, 9.17) is 4.74 Å². The van der Waals surface area contributed by atoms with Gasteiger partial charge in [-0.15, -0.1) is 0 Å². The molecule has 154 valence electrons. The average Bonchev–Trinajstić information content (AvgIpc) is 3.26. The summed E-state index contributed by atoms with van der Waals surface area (Å²) in [5.41, 5.74) is 2.94. The first-order valence-electron chi connectivity index (χ1n) is 9.55. The first-order chi connectivity index (χ1) is 15.0. The second-order valence-corrected chi connectivity index (χ2v) is 6.79. The fourth-order valence-electron chi connectivity index (χ4n) is 3.28. The van der Waals surface area contributed by atoms with Gasteiger partial charge in [-0.25, -0.2) is 14.1 Å². The molecule has 0 spiro atoms. The van der Waals surface area contributed by atoms with Crippen molar-refractivity contribution in [2.45, 2.75) is 6.92 Å². The highest BCUT2D eigenvalue weighted by atomic mass is 19.1. The van der Waals surface area contributed by atoms with E-state index in [1.165, 1.54) is 27.4 Å². The van der Waals surface area contributed by atoms with Crippen molar-refractivity contribution in [3.05, 3.63) is 82.9 Å². The molecule has 4 rings (SSSR count). The lowest BCUT2D eigenvalue weighted by molar-refractivity contribution is 0.327. The van der Waals surface area contributed by atoms with Gasteiger partial charge < -0.3 is 9.30 Å². The molecule has 0 unspecified atom stereocenters. The monoisotopic (exact) mass is 415 g/mol. The zero-order chi connectivity index (χ0) is 22.0. The van der Waals surface area contributed by atoms with E-state index in [0.717, 1.165) is 11.1 Å². The molecule has 0 bridgehead atoms. The van der Waals surface area contributed by atoms with Crippen LogP contribution in [-0.4, -0.2) is 25.9 Å². The number of hydrogen-bond acceptors (Lipinski definition) is 5. The summed E-state index contributed by atoms with van der Waals surface area (Å²) in [6.07, 6.45) is 6.67. The Hall–Kier alpha value is -4.25. The molecule has 31 heavy (non-hydrogen) atoms. The number of aryl methyl sites for hydroxylation is 1. The van der Waals surface area contributed by atoms with Crippen molar-refractivity contribution in [1.82, 2.24) is 19.3 Å². The maximum Gasteiger partial charge on any atom is 0.250 e. The van der Waals surface area contributed by atoms with E-state index in [1.54, 1.807) is 44.0 Å². The van der Waals surface area contributed by atoms with Crippen LogP contribution < -0.4 is 10.3 Å². The standard InChI is InChI=1S/C23H18FN5O2/c1-3-31-22-8-7-15(11-26-22)17-9-23(30)28(2)14-19(17)16-12-27-29(13-16)21-6-4-5-20(24)18(21)10-25/h4-9,11-14H,3H2,1-2H3. The Morgan fingerprint density at radius 1 is 1.13 bits per heavy atom. The zero-order valence-electron chi connectivity index (χ0n) is 16.9. The Labute approximate surface area is 177 Å². The Balaban J connectivity index is 1.83. The molecule has 0 atom stereocenters. The van der Waals surface area contributed by atoms with Gasteiger partial charge in [0.05, 0.1) is 18.5 Å². The number of hydrogen-bond donors (Lipinski definition) is 0. The van der Waals surface area contributed by atoms with Gasteiger partial charge in [0.25, 0.3) is 5.56 Å². The van der Waals surface area contributed by atoms with Crippen LogP contribution in [0.1, 0.15) is 12.5 Å². The number of benzene rings is 1. The quantitative estimate of drug-likeness (QED) is 0.496. The lowest BCUT2D eigenvalue weighted by Crippen LogP contribution is -2.15. The van der Waals surface area contributed by atoms with Crippen molar-refractivity contribution >= 4 is 0 Å². The van der Waals surface area contributed by atoms with Crippen LogP contribution in [0, 0.1) is 17.1 Å². The van der Waals surface area contributed by atoms with Gasteiger partial charge in [-0.2, -0.15) is 10.4 Å². The number of pyridine rings is 2. The molecule has 3 heterocycles. The minimum absolute atomic E-state index is 0.0893. The number of ether oxygens (including phenoxy) is 1. The Bertz CT molecular complexity index is 1350. The normalized spacial score (nSPS) is 10.6. The number of aromatic nitrogens is 4. The highest BCUT2D eigenvalue weighted by Crippen LogP contribution is 2.31. The molecule has 3 aromatic heterocycles. The van der Waals surface area contributed by atoms with Gasteiger partial charge in [0.15, 0.2) is 0 Å². The molecule has 0 saturated carbocycles. The average molecular weight is 415 g/mol. The molecule has 8 heteroatoms. The van der Waals surface area contributed by atoms with E-state index in [9.17, 15) is 14.4 Å². The Morgan fingerprint density at radius 3 is 2.68 bits per heavy atom. The fourth-order valence-corrected chi connectivity index (χ4v) is 3.28. The second kappa shape index (κ2) is 8.24. The number of nitrogens with zero attached hydrogens (tertiary/aromatic N) is 5. The van der Waals surface area contributed by atoms with Crippen molar-refractivity contribution in [2.75, 3.05) is 6.61 Å². The number of rotatable bonds is 5. The zero-order valence-corrected chi connectivity index (χ0v) is 16.9. The summed E-state index contributed by atoms with van der Waals surface area (Å²) in [5.74, 6) is -0.111. The predicted molar refractivity (Wildman–Crippen MR) is 113 cm³/mol. The summed E-state index contributed by atoms with van der Waals surface area (Å²) in [7, 11) is 1.66. The van der Waals surface area contributed by atoms with Crippen molar-refractivity contribution < 1.29 is 9.13 Å². The summed E-state index contributed by atoms with van der Waals surface area (Å²) in [6, 6.07) is 11.4. The fraction of sp³-hybridized carbons (Fsp3) is 0.130. The van der Waals surface area contributed by atoms with Gasteiger partial charge in [-0.05, 0) is 30.7 Å². The van der Waals surface area contributed by atoms with Crippen LogP contribution in [0.5, 0.6) is 5.88 Å². The van der Waals surface area contributed by atoms with Crippen molar-refractivity contribution in [3.63, 3.8) is 0 Å². The molecule has 0 aliphatic heterocycles. The number of nitriles is 1. The molecular weight excluding hydrogens is 397 g/mol. The Kier molecular flexibility index (Phi) is 5.33. The summed E-state index contributed by atoms with van der Waals surface area (Å²) in [5, 5.41) is 13.6. The third-order valence-corrected chi connectivity index (χ3v) is 4.81. The van der Waals surface area contributed by atoms with Crippen LogP contribution in [0.25, 0.3) is 27.9 Å². The van der Waals surface area contributed by atoms with Gasteiger partial charge in [0.1, 0.15) is 17.4 Å².